The first-order chi connectivity index (χ1) is 7.85. The summed E-state index contributed by atoms with van der Waals surface area (Å²) in [6.45, 7) is -0.231. The Bertz CT molecular complexity index is 357. The van der Waals surface area contributed by atoms with Crippen LogP contribution in [0.5, 0.6) is 0 Å². The maximum atomic E-state index is 11.8. The van der Waals surface area contributed by atoms with E-state index in [0.717, 1.165) is 0 Å². The molecule has 7 heteroatoms. The van der Waals surface area contributed by atoms with Gasteiger partial charge in [-0.15, -0.1) is 0 Å². The molecule has 0 aliphatic carbocycles. The lowest BCUT2D eigenvalue weighted by molar-refractivity contribution is -0.183. The van der Waals surface area contributed by atoms with Crippen LogP contribution in [0.2, 0.25) is 0 Å². The highest BCUT2D eigenvalue weighted by Crippen LogP contribution is 2.23. The summed E-state index contributed by atoms with van der Waals surface area (Å²) in [7, 11) is 0. The van der Waals surface area contributed by atoms with E-state index in [-0.39, 0.29) is 12.4 Å². The van der Waals surface area contributed by atoms with Crippen molar-refractivity contribution in [3.8, 4) is 0 Å². The highest BCUT2D eigenvalue weighted by Gasteiger charge is 2.35. The van der Waals surface area contributed by atoms with Crippen molar-refractivity contribution in [3.05, 3.63) is 11.3 Å². The molecule has 0 N–H and O–H groups in total. The minimum absolute atomic E-state index is 0.115. The van der Waals surface area contributed by atoms with Gasteiger partial charge < -0.3 is 9.47 Å². The third-order valence-electron chi connectivity index (χ3n) is 1.98. The highest BCUT2D eigenvalue weighted by molar-refractivity contribution is 6.19. The molecule has 17 heavy (non-hydrogen) atoms. The second kappa shape index (κ2) is 5.20. The molecular weight excluding hydrogens is 241 g/mol. The standard InChI is InChI=1S/C10H11F3O4/c1-2-3-7-8(6(14)4-16-7)9(15)17-5-10(11,12)13/h2-5H2,1H3. The molecular formula is C10H11F3O4. The number of ketones is 1. The van der Waals surface area contributed by atoms with Crippen LogP contribution in [0.3, 0.4) is 0 Å². The smallest absolute Gasteiger partial charge is 0.422 e. The lowest BCUT2D eigenvalue weighted by atomic mass is 10.1. The first kappa shape index (κ1) is 13.5. The summed E-state index contributed by atoms with van der Waals surface area (Å²) in [5.41, 5.74) is -0.392. The van der Waals surface area contributed by atoms with Crippen LogP contribution in [-0.2, 0) is 19.1 Å². The normalized spacial score (nSPS) is 16.1. The fourth-order valence-corrected chi connectivity index (χ4v) is 1.32. The van der Waals surface area contributed by atoms with Crippen molar-refractivity contribution in [1.82, 2.24) is 0 Å². The predicted molar refractivity (Wildman–Crippen MR) is 49.9 cm³/mol. The molecule has 0 fully saturated rings. The second-order valence-corrected chi connectivity index (χ2v) is 3.45. The van der Waals surface area contributed by atoms with E-state index < -0.39 is 30.1 Å². The van der Waals surface area contributed by atoms with Gasteiger partial charge in [-0.25, -0.2) is 4.79 Å². The third-order valence-corrected chi connectivity index (χ3v) is 1.98. The molecule has 96 valence electrons. The molecule has 0 aromatic carbocycles. The number of carbonyl (C=O) groups is 2. The van der Waals surface area contributed by atoms with Crippen molar-refractivity contribution in [2.75, 3.05) is 13.2 Å². The van der Waals surface area contributed by atoms with Crippen molar-refractivity contribution < 1.29 is 32.2 Å². The first-order valence-electron chi connectivity index (χ1n) is 4.98. The Labute approximate surface area is 95.4 Å². The summed E-state index contributed by atoms with van der Waals surface area (Å²) < 4.78 is 44.4. The number of ether oxygens (including phenoxy) is 2. The number of rotatable bonds is 4. The van der Waals surface area contributed by atoms with E-state index in [1.807, 2.05) is 0 Å². The molecule has 0 amide bonds. The number of alkyl halides is 3. The van der Waals surface area contributed by atoms with Gasteiger partial charge in [0.05, 0.1) is 0 Å². The van der Waals surface area contributed by atoms with E-state index in [9.17, 15) is 22.8 Å². The summed E-state index contributed by atoms with van der Waals surface area (Å²) in [5.74, 6) is -1.79. The molecule has 0 aromatic heterocycles. The quantitative estimate of drug-likeness (QED) is 0.565. The fourth-order valence-electron chi connectivity index (χ4n) is 1.32. The number of hydrogen-bond donors (Lipinski definition) is 0. The number of Topliss-reactive ketones (excluding diaryl/α,β-unsaturated/α-hetero) is 1. The van der Waals surface area contributed by atoms with Gasteiger partial charge in [-0.3, -0.25) is 4.79 Å². The van der Waals surface area contributed by atoms with Gasteiger partial charge in [-0.2, -0.15) is 13.2 Å². The third kappa shape index (κ3) is 3.76. The summed E-state index contributed by atoms with van der Waals surface area (Å²) in [5, 5.41) is 0. The molecule has 1 aliphatic heterocycles. The molecule has 0 unspecified atom stereocenters. The van der Waals surface area contributed by atoms with Crippen molar-refractivity contribution in [2.24, 2.45) is 0 Å². The minimum atomic E-state index is -4.61. The van der Waals surface area contributed by atoms with Crippen molar-refractivity contribution >= 4 is 11.8 Å². The van der Waals surface area contributed by atoms with Crippen LogP contribution in [0.4, 0.5) is 13.2 Å². The van der Waals surface area contributed by atoms with Gasteiger partial charge >= 0.3 is 12.1 Å². The summed E-state index contributed by atoms with van der Waals surface area (Å²) in [4.78, 5) is 22.6. The maximum Gasteiger partial charge on any atom is 0.422 e. The lowest BCUT2D eigenvalue weighted by Gasteiger charge is -2.08. The number of allylic oxidation sites excluding steroid dienone is 1. The second-order valence-electron chi connectivity index (χ2n) is 3.45. The Hall–Kier alpha value is -1.53. The first-order valence-corrected chi connectivity index (χ1v) is 4.98. The molecule has 1 aliphatic rings. The Kier molecular flexibility index (Phi) is 4.14. The van der Waals surface area contributed by atoms with Crippen LogP contribution < -0.4 is 0 Å². The Morgan fingerprint density at radius 2 is 2.12 bits per heavy atom. The Morgan fingerprint density at radius 1 is 1.47 bits per heavy atom. The van der Waals surface area contributed by atoms with Gasteiger partial charge in [-0.05, 0) is 6.42 Å². The van der Waals surface area contributed by atoms with E-state index >= 15 is 0 Å². The molecule has 0 saturated carbocycles. The molecule has 1 rings (SSSR count). The Balaban J connectivity index is 2.72. The van der Waals surface area contributed by atoms with Crippen LogP contribution in [0.15, 0.2) is 11.3 Å². The number of hydrogen-bond acceptors (Lipinski definition) is 4. The van der Waals surface area contributed by atoms with Crippen LogP contribution in [0, 0.1) is 0 Å². The molecule has 1 heterocycles. The zero-order chi connectivity index (χ0) is 13.1. The topological polar surface area (TPSA) is 52.6 Å². The van der Waals surface area contributed by atoms with E-state index in [4.69, 9.17) is 4.74 Å². The van der Waals surface area contributed by atoms with Crippen LogP contribution in [0.25, 0.3) is 0 Å². The van der Waals surface area contributed by atoms with Gasteiger partial charge in [0.1, 0.15) is 11.3 Å². The predicted octanol–water partition coefficient (Wildman–Crippen LogP) is 1.75. The van der Waals surface area contributed by atoms with Crippen LogP contribution in [-0.4, -0.2) is 31.1 Å². The number of carbonyl (C=O) groups excluding carboxylic acids is 2. The highest BCUT2D eigenvalue weighted by atomic mass is 19.4. The van der Waals surface area contributed by atoms with Crippen molar-refractivity contribution in [1.29, 1.82) is 0 Å². The molecule has 0 aromatic rings. The van der Waals surface area contributed by atoms with Crippen molar-refractivity contribution in [3.63, 3.8) is 0 Å². The molecule has 4 nitrogen and oxygen atoms in total. The Morgan fingerprint density at radius 3 is 2.65 bits per heavy atom. The van der Waals surface area contributed by atoms with E-state index in [0.29, 0.717) is 12.8 Å². The van der Waals surface area contributed by atoms with Gasteiger partial charge in [0.25, 0.3) is 0 Å². The van der Waals surface area contributed by atoms with E-state index in [1.54, 1.807) is 6.92 Å². The van der Waals surface area contributed by atoms with E-state index in [1.165, 1.54) is 0 Å². The monoisotopic (exact) mass is 252 g/mol. The fraction of sp³-hybridized carbons (Fsp3) is 0.600. The zero-order valence-electron chi connectivity index (χ0n) is 9.10. The van der Waals surface area contributed by atoms with Gasteiger partial charge in [0.2, 0.25) is 5.78 Å². The zero-order valence-corrected chi connectivity index (χ0v) is 9.10. The molecule has 0 bridgehead atoms. The van der Waals surface area contributed by atoms with Gasteiger partial charge in [-0.1, -0.05) is 6.92 Å². The van der Waals surface area contributed by atoms with Gasteiger partial charge in [0.15, 0.2) is 13.2 Å². The summed E-state index contributed by atoms with van der Waals surface area (Å²) >= 11 is 0. The average Bonchev–Trinajstić information content (AvgIpc) is 2.56. The molecule has 0 spiro atoms. The molecule has 0 saturated heterocycles. The number of halogens is 3. The van der Waals surface area contributed by atoms with Gasteiger partial charge in [0, 0.05) is 6.42 Å². The van der Waals surface area contributed by atoms with Crippen molar-refractivity contribution in [2.45, 2.75) is 25.9 Å². The molecule has 0 atom stereocenters. The molecule has 0 radical (unpaired) electrons. The summed E-state index contributed by atoms with van der Waals surface area (Å²) in [6, 6.07) is 0. The van der Waals surface area contributed by atoms with E-state index in [2.05, 4.69) is 4.74 Å². The maximum absolute atomic E-state index is 11.8. The lowest BCUT2D eigenvalue weighted by Crippen LogP contribution is -2.23. The minimum Gasteiger partial charge on any atom is -0.489 e. The number of esters is 1. The van der Waals surface area contributed by atoms with Crippen LogP contribution >= 0.6 is 0 Å². The SMILES string of the molecule is CCCC1=C(C(=O)OCC(F)(F)F)C(=O)CO1. The van der Waals surface area contributed by atoms with Crippen LogP contribution in [0.1, 0.15) is 19.8 Å². The average molecular weight is 252 g/mol. The summed E-state index contributed by atoms with van der Waals surface area (Å²) in [6.07, 6.45) is -3.68. The largest absolute Gasteiger partial charge is 0.489 e.